The van der Waals surface area contributed by atoms with Gasteiger partial charge in [-0.1, -0.05) is 20.3 Å². The average Bonchev–Trinajstić information content (AvgIpc) is 2.35. The number of aromatic amines is 1. The van der Waals surface area contributed by atoms with Crippen molar-refractivity contribution < 1.29 is 0 Å². The largest absolute Gasteiger partial charge is 0.282 e. The zero-order valence-electron chi connectivity index (χ0n) is 7.52. The SMILES string of the molecule is CCC(C)Cc1cc(C)n[nH]1. The van der Waals surface area contributed by atoms with Crippen molar-refractivity contribution in [3.05, 3.63) is 17.5 Å². The van der Waals surface area contributed by atoms with Gasteiger partial charge in [-0.05, 0) is 25.3 Å². The highest BCUT2D eigenvalue weighted by Crippen LogP contribution is 2.09. The van der Waals surface area contributed by atoms with Crippen molar-refractivity contribution in [2.24, 2.45) is 5.92 Å². The second-order valence-corrected chi connectivity index (χ2v) is 3.25. The first-order valence-electron chi connectivity index (χ1n) is 4.23. The van der Waals surface area contributed by atoms with Gasteiger partial charge in [0, 0.05) is 5.69 Å². The molecule has 11 heavy (non-hydrogen) atoms. The quantitative estimate of drug-likeness (QED) is 0.707. The number of aromatic nitrogens is 2. The summed E-state index contributed by atoms with van der Waals surface area (Å²) in [5.74, 6) is 0.759. The van der Waals surface area contributed by atoms with Crippen molar-refractivity contribution in [2.45, 2.75) is 33.6 Å². The van der Waals surface area contributed by atoms with Crippen LogP contribution in [-0.2, 0) is 6.42 Å². The molecule has 1 unspecified atom stereocenters. The van der Waals surface area contributed by atoms with Crippen LogP contribution in [-0.4, -0.2) is 10.2 Å². The van der Waals surface area contributed by atoms with E-state index in [1.807, 2.05) is 6.92 Å². The van der Waals surface area contributed by atoms with Gasteiger partial charge in [0.05, 0.1) is 5.69 Å². The Morgan fingerprint density at radius 3 is 2.82 bits per heavy atom. The molecule has 62 valence electrons. The van der Waals surface area contributed by atoms with Crippen molar-refractivity contribution >= 4 is 0 Å². The van der Waals surface area contributed by atoms with Gasteiger partial charge >= 0.3 is 0 Å². The van der Waals surface area contributed by atoms with E-state index in [1.165, 1.54) is 12.1 Å². The van der Waals surface area contributed by atoms with E-state index in [0.29, 0.717) is 0 Å². The molecule has 0 amide bonds. The molecule has 1 heterocycles. The lowest BCUT2D eigenvalue weighted by Crippen LogP contribution is -1.97. The lowest BCUT2D eigenvalue weighted by Gasteiger charge is -2.04. The van der Waals surface area contributed by atoms with E-state index in [2.05, 4.69) is 30.1 Å². The molecule has 1 atom stereocenters. The minimum atomic E-state index is 0.759. The van der Waals surface area contributed by atoms with Crippen LogP contribution in [0.5, 0.6) is 0 Å². The third-order valence-electron chi connectivity index (χ3n) is 2.02. The number of hydrogen-bond donors (Lipinski definition) is 1. The Hall–Kier alpha value is -0.790. The Bertz CT molecular complexity index is 215. The highest BCUT2D eigenvalue weighted by molar-refractivity contribution is 5.06. The van der Waals surface area contributed by atoms with Crippen LogP contribution in [0.15, 0.2) is 6.07 Å². The molecule has 0 radical (unpaired) electrons. The van der Waals surface area contributed by atoms with Gasteiger partial charge in [0.25, 0.3) is 0 Å². The summed E-state index contributed by atoms with van der Waals surface area (Å²) in [6.07, 6.45) is 2.36. The lowest BCUT2D eigenvalue weighted by atomic mass is 10.0. The summed E-state index contributed by atoms with van der Waals surface area (Å²) in [6.45, 7) is 6.49. The Kier molecular flexibility index (Phi) is 2.69. The monoisotopic (exact) mass is 152 g/mol. The smallest absolute Gasteiger partial charge is 0.0594 e. The normalized spacial score (nSPS) is 13.4. The predicted molar refractivity (Wildman–Crippen MR) is 46.5 cm³/mol. The number of nitrogens with zero attached hydrogens (tertiary/aromatic N) is 1. The third-order valence-corrected chi connectivity index (χ3v) is 2.02. The molecule has 0 bridgehead atoms. The second kappa shape index (κ2) is 3.56. The first-order valence-corrected chi connectivity index (χ1v) is 4.23. The number of aryl methyl sites for hydroxylation is 1. The first kappa shape index (κ1) is 8.31. The summed E-state index contributed by atoms with van der Waals surface area (Å²) in [6, 6.07) is 2.12. The summed E-state index contributed by atoms with van der Waals surface area (Å²) in [7, 11) is 0. The van der Waals surface area contributed by atoms with Crippen molar-refractivity contribution in [3.8, 4) is 0 Å². The van der Waals surface area contributed by atoms with E-state index in [-0.39, 0.29) is 0 Å². The highest BCUT2D eigenvalue weighted by Gasteiger charge is 2.02. The second-order valence-electron chi connectivity index (χ2n) is 3.25. The first-order chi connectivity index (χ1) is 5.22. The molecule has 2 nitrogen and oxygen atoms in total. The van der Waals surface area contributed by atoms with E-state index in [0.717, 1.165) is 18.0 Å². The van der Waals surface area contributed by atoms with Crippen molar-refractivity contribution in [1.82, 2.24) is 10.2 Å². The van der Waals surface area contributed by atoms with Crippen LogP contribution >= 0.6 is 0 Å². The fraction of sp³-hybridized carbons (Fsp3) is 0.667. The molecular weight excluding hydrogens is 136 g/mol. The third kappa shape index (κ3) is 2.37. The molecule has 0 saturated heterocycles. The number of hydrogen-bond acceptors (Lipinski definition) is 1. The predicted octanol–water partition coefficient (Wildman–Crippen LogP) is 2.31. The molecule has 0 aliphatic carbocycles. The van der Waals surface area contributed by atoms with Gasteiger partial charge in [0.2, 0.25) is 0 Å². The molecule has 1 aromatic rings. The molecule has 0 aliphatic rings. The maximum Gasteiger partial charge on any atom is 0.0594 e. The standard InChI is InChI=1S/C9H16N2/c1-4-7(2)5-9-6-8(3)10-11-9/h6-7H,4-5H2,1-3H3,(H,10,11). The van der Waals surface area contributed by atoms with Gasteiger partial charge in [-0.3, -0.25) is 5.10 Å². The van der Waals surface area contributed by atoms with E-state index in [4.69, 9.17) is 0 Å². The Morgan fingerprint density at radius 1 is 1.64 bits per heavy atom. The molecule has 0 saturated carbocycles. The molecule has 1 rings (SSSR count). The molecule has 0 aliphatic heterocycles. The topological polar surface area (TPSA) is 28.7 Å². The number of rotatable bonds is 3. The van der Waals surface area contributed by atoms with Gasteiger partial charge in [0.1, 0.15) is 0 Å². The van der Waals surface area contributed by atoms with Crippen LogP contribution in [0, 0.1) is 12.8 Å². The lowest BCUT2D eigenvalue weighted by molar-refractivity contribution is 0.552. The van der Waals surface area contributed by atoms with E-state index in [9.17, 15) is 0 Å². The van der Waals surface area contributed by atoms with Crippen LogP contribution in [0.25, 0.3) is 0 Å². The summed E-state index contributed by atoms with van der Waals surface area (Å²) in [4.78, 5) is 0. The van der Waals surface area contributed by atoms with E-state index >= 15 is 0 Å². The Balaban J connectivity index is 2.50. The molecule has 0 fully saturated rings. The maximum atomic E-state index is 4.08. The fourth-order valence-electron chi connectivity index (χ4n) is 1.10. The van der Waals surface area contributed by atoms with Crippen molar-refractivity contribution in [1.29, 1.82) is 0 Å². The molecular formula is C9H16N2. The maximum absolute atomic E-state index is 4.08. The summed E-state index contributed by atoms with van der Waals surface area (Å²) < 4.78 is 0. The molecule has 0 spiro atoms. The van der Waals surface area contributed by atoms with Gasteiger partial charge in [-0.2, -0.15) is 5.10 Å². The van der Waals surface area contributed by atoms with E-state index in [1.54, 1.807) is 0 Å². The zero-order valence-corrected chi connectivity index (χ0v) is 7.52. The number of H-pyrrole nitrogens is 1. The molecule has 2 heteroatoms. The van der Waals surface area contributed by atoms with Crippen molar-refractivity contribution in [3.63, 3.8) is 0 Å². The van der Waals surface area contributed by atoms with Crippen molar-refractivity contribution in [2.75, 3.05) is 0 Å². The molecule has 1 aromatic heterocycles. The molecule has 1 N–H and O–H groups in total. The van der Waals surface area contributed by atoms with Gasteiger partial charge in [-0.25, -0.2) is 0 Å². The summed E-state index contributed by atoms with van der Waals surface area (Å²) in [5.41, 5.74) is 2.35. The van der Waals surface area contributed by atoms with Crippen LogP contribution in [0.4, 0.5) is 0 Å². The average molecular weight is 152 g/mol. The minimum absolute atomic E-state index is 0.759. The minimum Gasteiger partial charge on any atom is -0.282 e. The zero-order chi connectivity index (χ0) is 8.27. The van der Waals surface area contributed by atoms with Crippen LogP contribution in [0.3, 0.4) is 0 Å². The fourth-order valence-corrected chi connectivity index (χ4v) is 1.10. The number of nitrogens with one attached hydrogen (secondary N) is 1. The molecule has 0 aromatic carbocycles. The van der Waals surface area contributed by atoms with Crippen LogP contribution in [0.1, 0.15) is 31.7 Å². The van der Waals surface area contributed by atoms with Crippen LogP contribution in [0.2, 0.25) is 0 Å². The van der Waals surface area contributed by atoms with Gasteiger partial charge in [0.15, 0.2) is 0 Å². The Labute approximate surface area is 68.0 Å². The van der Waals surface area contributed by atoms with Gasteiger partial charge in [-0.15, -0.1) is 0 Å². The summed E-state index contributed by atoms with van der Waals surface area (Å²) >= 11 is 0. The summed E-state index contributed by atoms with van der Waals surface area (Å²) in [5, 5.41) is 7.10. The van der Waals surface area contributed by atoms with Crippen LogP contribution < -0.4 is 0 Å². The van der Waals surface area contributed by atoms with Gasteiger partial charge < -0.3 is 0 Å². The Morgan fingerprint density at radius 2 is 2.36 bits per heavy atom. The van der Waals surface area contributed by atoms with E-state index < -0.39 is 0 Å². The highest BCUT2D eigenvalue weighted by atomic mass is 15.1.